The molecule has 0 aliphatic carbocycles. The predicted molar refractivity (Wildman–Crippen MR) is 125 cm³/mol. The lowest BCUT2D eigenvalue weighted by molar-refractivity contribution is 0.00578. The number of hydrogen-bond donors (Lipinski definition) is 0. The molecule has 0 unspecified atom stereocenters. The second kappa shape index (κ2) is 7.64. The molecule has 0 saturated carbocycles. The largest absolute Gasteiger partial charge is 0.494 e. The summed E-state index contributed by atoms with van der Waals surface area (Å²) in [5, 5.41) is 0. The number of hydrogen-bond acceptors (Lipinski definition) is 3. The smallest absolute Gasteiger partial charge is 0.399 e. The van der Waals surface area contributed by atoms with Crippen LogP contribution in [0.1, 0.15) is 27.7 Å². The molecule has 0 aromatic heterocycles. The zero-order chi connectivity index (χ0) is 20.6. The molecule has 1 fully saturated rings. The first-order chi connectivity index (χ1) is 13.8. The van der Waals surface area contributed by atoms with Gasteiger partial charge in [0.2, 0.25) is 0 Å². The highest BCUT2D eigenvalue weighted by Crippen LogP contribution is 2.37. The minimum atomic E-state index is -0.355. The van der Waals surface area contributed by atoms with Crippen LogP contribution in [0.3, 0.4) is 0 Å². The zero-order valence-corrected chi connectivity index (χ0v) is 18.8. The fourth-order valence-electron chi connectivity index (χ4n) is 3.37. The number of benzene rings is 3. The average molecular weight is 450 g/mol. The summed E-state index contributed by atoms with van der Waals surface area (Å²) in [5.74, 6) is 0. The first kappa shape index (κ1) is 20.2. The van der Waals surface area contributed by atoms with E-state index in [1.54, 1.807) is 0 Å². The van der Waals surface area contributed by atoms with Crippen LogP contribution >= 0.6 is 15.9 Å². The Hall–Kier alpha value is -2.08. The van der Waals surface area contributed by atoms with Gasteiger partial charge in [-0.3, -0.25) is 0 Å². The van der Waals surface area contributed by atoms with Crippen molar-refractivity contribution in [3.8, 4) is 0 Å². The second-order valence-electron chi connectivity index (χ2n) is 8.33. The van der Waals surface area contributed by atoms with Gasteiger partial charge in [-0.15, -0.1) is 0 Å². The molecule has 29 heavy (non-hydrogen) atoms. The molecule has 1 aliphatic rings. The highest BCUT2D eigenvalue weighted by Gasteiger charge is 2.51. The fraction of sp³-hybridized carbons (Fsp3) is 0.250. The maximum atomic E-state index is 6.19. The summed E-state index contributed by atoms with van der Waals surface area (Å²) in [4.78, 5) is 2.24. The minimum absolute atomic E-state index is 0.343. The summed E-state index contributed by atoms with van der Waals surface area (Å²) in [7, 11) is -0.355. The molecule has 0 spiro atoms. The summed E-state index contributed by atoms with van der Waals surface area (Å²) in [5.41, 5.74) is 3.63. The number of rotatable bonds is 4. The van der Waals surface area contributed by atoms with Crippen molar-refractivity contribution in [1.82, 2.24) is 0 Å². The van der Waals surface area contributed by atoms with Crippen molar-refractivity contribution in [3.63, 3.8) is 0 Å². The van der Waals surface area contributed by atoms with Gasteiger partial charge in [0.05, 0.1) is 11.2 Å². The van der Waals surface area contributed by atoms with E-state index < -0.39 is 0 Å². The van der Waals surface area contributed by atoms with Crippen LogP contribution in [-0.4, -0.2) is 18.3 Å². The van der Waals surface area contributed by atoms with Crippen molar-refractivity contribution >= 4 is 45.6 Å². The Morgan fingerprint density at radius 1 is 0.655 bits per heavy atom. The molecule has 0 bridgehead atoms. The molecule has 0 atom stereocenters. The zero-order valence-electron chi connectivity index (χ0n) is 17.2. The lowest BCUT2D eigenvalue weighted by Crippen LogP contribution is -2.41. The normalized spacial score (nSPS) is 17.3. The fourth-order valence-corrected chi connectivity index (χ4v) is 3.64. The third kappa shape index (κ3) is 4.00. The van der Waals surface area contributed by atoms with E-state index in [-0.39, 0.29) is 18.3 Å². The van der Waals surface area contributed by atoms with Crippen molar-refractivity contribution in [1.29, 1.82) is 0 Å². The van der Waals surface area contributed by atoms with Crippen molar-refractivity contribution in [2.45, 2.75) is 38.9 Å². The van der Waals surface area contributed by atoms with Gasteiger partial charge in [-0.1, -0.05) is 46.3 Å². The van der Waals surface area contributed by atoms with E-state index in [1.165, 1.54) is 0 Å². The lowest BCUT2D eigenvalue weighted by Gasteiger charge is -2.32. The summed E-state index contributed by atoms with van der Waals surface area (Å²) < 4.78 is 13.4. The second-order valence-corrected chi connectivity index (χ2v) is 9.24. The third-order valence-corrected chi connectivity index (χ3v) is 6.30. The van der Waals surface area contributed by atoms with Gasteiger partial charge in [0, 0.05) is 21.5 Å². The van der Waals surface area contributed by atoms with Crippen LogP contribution in [-0.2, 0) is 9.31 Å². The molecule has 3 aromatic rings. The van der Waals surface area contributed by atoms with Crippen molar-refractivity contribution in [3.05, 3.63) is 83.3 Å². The average Bonchev–Trinajstić information content (AvgIpc) is 2.92. The van der Waals surface area contributed by atoms with E-state index in [1.807, 2.05) is 6.07 Å². The molecule has 3 nitrogen and oxygen atoms in total. The van der Waals surface area contributed by atoms with Crippen LogP contribution in [0.5, 0.6) is 0 Å². The Bertz CT molecular complexity index is 956. The standard InChI is InChI=1S/C24H25BBrNO2/c1-23(2)24(3,4)29-25(28-23)18-10-14-21(15-11-18)27(20-8-6-5-7-9-20)22-16-12-19(26)13-17-22/h5-17H,1-4H3. The molecular formula is C24H25BBrNO2. The Balaban J connectivity index is 1.67. The number of anilines is 3. The molecule has 3 aromatic carbocycles. The van der Waals surface area contributed by atoms with E-state index >= 15 is 0 Å². The molecular weight excluding hydrogens is 425 g/mol. The summed E-state index contributed by atoms with van der Waals surface area (Å²) in [6.07, 6.45) is 0. The predicted octanol–water partition coefficient (Wildman–Crippen LogP) is 6.22. The summed E-state index contributed by atoms with van der Waals surface area (Å²) >= 11 is 3.53. The van der Waals surface area contributed by atoms with Gasteiger partial charge in [0.25, 0.3) is 0 Å². The molecule has 0 N–H and O–H groups in total. The van der Waals surface area contributed by atoms with E-state index in [4.69, 9.17) is 9.31 Å². The van der Waals surface area contributed by atoms with Crippen LogP contribution in [0.4, 0.5) is 17.1 Å². The molecule has 4 rings (SSSR count). The van der Waals surface area contributed by atoms with Crippen molar-refractivity contribution in [2.75, 3.05) is 4.90 Å². The maximum absolute atomic E-state index is 6.19. The van der Waals surface area contributed by atoms with Crippen molar-refractivity contribution in [2.24, 2.45) is 0 Å². The van der Waals surface area contributed by atoms with Gasteiger partial charge < -0.3 is 14.2 Å². The quantitative estimate of drug-likeness (QED) is 0.441. The highest BCUT2D eigenvalue weighted by atomic mass is 79.9. The monoisotopic (exact) mass is 449 g/mol. The molecule has 5 heteroatoms. The molecule has 1 heterocycles. The van der Waals surface area contributed by atoms with Crippen LogP contribution in [0.15, 0.2) is 83.3 Å². The molecule has 0 amide bonds. The third-order valence-electron chi connectivity index (χ3n) is 5.78. The van der Waals surface area contributed by atoms with Gasteiger partial charge in [0.1, 0.15) is 0 Å². The van der Waals surface area contributed by atoms with Gasteiger partial charge in [-0.2, -0.15) is 0 Å². The van der Waals surface area contributed by atoms with Crippen LogP contribution < -0.4 is 10.4 Å². The Morgan fingerprint density at radius 3 is 1.62 bits per heavy atom. The lowest BCUT2D eigenvalue weighted by atomic mass is 9.79. The van der Waals surface area contributed by atoms with Crippen LogP contribution in [0.2, 0.25) is 0 Å². The van der Waals surface area contributed by atoms with Crippen LogP contribution in [0, 0.1) is 0 Å². The van der Waals surface area contributed by atoms with E-state index in [0.29, 0.717) is 0 Å². The topological polar surface area (TPSA) is 21.7 Å². The summed E-state index contributed by atoms with van der Waals surface area (Å²) in [6.45, 7) is 8.30. The Kier molecular flexibility index (Phi) is 5.32. The Labute approximate surface area is 181 Å². The Morgan fingerprint density at radius 2 is 1.10 bits per heavy atom. The molecule has 1 aliphatic heterocycles. The molecule has 1 saturated heterocycles. The maximum Gasteiger partial charge on any atom is 0.494 e. The van der Waals surface area contributed by atoms with E-state index in [9.17, 15) is 0 Å². The number of nitrogens with zero attached hydrogens (tertiary/aromatic N) is 1. The first-order valence-corrected chi connectivity index (χ1v) is 10.6. The number of para-hydroxylation sites is 1. The summed E-state index contributed by atoms with van der Waals surface area (Å²) in [6, 6.07) is 27.1. The van der Waals surface area contributed by atoms with Crippen molar-refractivity contribution < 1.29 is 9.31 Å². The minimum Gasteiger partial charge on any atom is -0.399 e. The van der Waals surface area contributed by atoms with Gasteiger partial charge in [-0.25, -0.2) is 0 Å². The van der Waals surface area contributed by atoms with E-state index in [0.717, 1.165) is 27.0 Å². The molecule has 0 radical (unpaired) electrons. The van der Waals surface area contributed by atoms with Gasteiger partial charge >= 0.3 is 7.12 Å². The highest BCUT2D eigenvalue weighted by molar-refractivity contribution is 9.10. The molecule has 148 valence electrons. The van der Waals surface area contributed by atoms with Crippen LogP contribution in [0.25, 0.3) is 0 Å². The first-order valence-electron chi connectivity index (χ1n) is 9.83. The van der Waals surface area contributed by atoms with E-state index in [2.05, 4.69) is 121 Å². The van der Waals surface area contributed by atoms with Gasteiger partial charge in [0.15, 0.2) is 0 Å². The number of halogens is 1. The SMILES string of the molecule is CC1(C)OB(c2ccc(N(c3ccccc3)c3ccc(Br)cc3)cc2)OC1(C)C. The van der Waals surface area contributed by atoms with Gasteiger partial charge in [-0.05, 0) is 81.7 Å².